The topological polar surface area (TPSA) is 72.9 Å². The number of nitrogens with one attached hydrogen (secondary N) is 1. The molecule has 2 amide bonds. The molecule has 1 aliphatic heterocycles. The van der Waals surface area contributed by atoms with Crippen LogP contribution < -0.4 is 5.32 Å². The molecule has 0 aromatic rings. The fourth-order valence-corrected chi connectivity index (χ4v) is 2.42. The van der Waals surface area contributed by atoms with Crippen molar-refractivity contribution in [2.75, 3.05) is 32.7 Å². The number of urea groups is 1. The lowest BCUT2D eigenvalue weighted by molar-refractivity contribution is -0.137. The Morgan fingerprint density at radius 3 is 2.45 bits per heavy atom. The van der Waals surface area contributed by atoms with Crippen LogP contribution in [0.15, 0.2) is 0 Å². The van der Waals surface area contributed by atoms with Gasteiger partial charge in [-0.1, -0.05) is 6.42 Å². The molecule has 0 bridgehead atoms. The molecule has 6 nitrogen and oxygen atoms in total. The molecule has 0 aromatic heterocycles. The van der Waals surface area contributed by atoms with Gasteiger partial charge < -0.3 is 20.2 Å². The van der Waals surface area contributed by atoms with Crippen molar-refractivity contribution in [3.05, 3.63) is 0 Å². The van der Waals surface area contributed by atoms with E-state index in [1.54, 1.807) is 4.90 Å². The van der Waals surface area contributed by atoms with Gasteiger partial charge in [-0.05, 0) is 39.8 Å². The Morgan fingerprint density at radius 2 is 1.90 bits per heavy atom. The lowest BCUT2D eigenvalue weighted by Crippen LogP contribution is -2.47. The van der Waals surface area contributed by atoms with Crippen molar-refractivity contribution in [1.82, 2.24) is 15.1 Å². The van der Waals surface area contributed by atoms with Crippen LogP contribution in [0.1, 0.15) is 39.5 Å². The Bertz CT molecular complexity index is 315. The second-order valence-corrected chi connectivity index (χ2v) is 5.57. The summed E-state index contributed by atoms with van der Waals surface area (Å²) >= 11 is 0. The Hall–Kier alpha value is -1.30. The van der Waals surface area contributed by atoms with Crippen molar-refractivity contribution in [3.8, 4) is 0 Å². The van der Waals surface area contributed by atoms with E-state index >= 15 is 0 Å². The lowest BCUT2D eigenvalue weighted by Gasteiger charge is -2.29. The minimum absolute atomic E-state index is 0.00402. The van der Waals surface area contributed by atoms with Crippen LogP contribution in [0.2, 0.25) is 0 Å². The summed E-state index contributed by atoms with van der Waals surface area (Å²) in [5, 5.41) is 11.6. The molecule has 0 radical (unpaired) electrons. The number of carboxylic acids is 1. The number of piperidine rings is 1. The Balaban J connectivity index is 2.28. The summed E-state index contributed by atoms with van der Waals surface area (Å²) < 4.78 is 0. The van der Waals surface area contributed by atoms with Gasteiger partial charge in [0.2, 0.25) is 0 Å². The Morgan fingerprint density at radius 1 is 1.25 bits per heavy atom. The molecule has 0 unspecified atom stereocenters. The Labute approximate surface area is 121 Å². The van der Waals surface area contributed by atoms with E-state index in [0.717, 1.165) is 19.6 Å². The maximum absolute atomic E-state index is 12.0. The standard InChI is InChI=1S/C14H27N3O3/c1-12(2)17(10-6-13(18)19)14(20)15-7-11-16-8-4-3-5-9-16/h12H,3-11H2,1-2H3,(H,15,20)(H,18,19). The van der Waals surface area contributed by atoms with Crippen molar-refractivity contribution in [2.24, 2.45) is 0 Å². The molecule has 1 saturated heterocycles. The van der Waals surface area contributed by atoms with Crippen LogP contribution in [0.5, 0.6) is 0 Å². The van der Waals surface area contributed by atoms with Gasteiger partial charge >= 0.3 is 12.0 Å². The van der Waals surface area contributed by atoms with Gasteiger partial charge in [0, 0.05) is 25.7 Å². The maximum Gasteiger partial charge on any atom is 0.317 e. The van der Waals surface area contributed by atoms with Crippen LogP contribution in [0, 0.1) is 0 Å². The molecular weight excluding hydrogens is 258 g/mol. The second-order valence-electron chi connectivity index (χ2n) is 5.57. The van der Waals surface area contributed by atoms with Gasteiger partial charge in [-0.2, -0.15) is 0 Å². The quantitative estimate of drug-likeness (QED) is 0.741. The molecule has 0 atom stereocenters. The number of likely N-dealkylation sites (tertiary alicyclic amines) is 1. The largest absolute Gasteiger partial charge is 0.481 e. The van der Waals surface area contributed by atoms with E-state index in [2.05, 4.69) is 10.2 Å². The normalized spacial score (nSPS) is 16.1. The summed E-state index contributed by atoms with van der Waals surface area (Å²) in [6, 6.07) is -0.164. The smallest absolute Gasteiger partial charge is 0.317 e. The highest BCUT2D eigenvalue weighted by atomic mass is 16.4. The highest BCUT2D eigenvalue weighted by molar-refractivity contribution is 5.75. The van der Waals surface area contributed by atoms with E-state index in [-0.39, 0.29) is 25.0 Å². The van der Waals surface area contributed by atoms with Gasteiger partial charge in [0.15, 0.2) is 0 Å². The predicted octanol–water partition coefficient (Wildman–Crippen LogP) is 1.37. The SMILES string of the molecule is CC(C)N(CCC(=O)O)C(=O)NCCN1CCCCC1. The lowest BCUT2D eigenvalue weighted by atomic mass is 10.1. The monoisotopic (exact) mass is 285 g/mol. The zero-order chi connectivity index (χ0) is 15.0. The van der Waals surface area contributed by atoms with Crippen LogP contribution in [0.3, 0.4) is 0 Å². The fourth-order valence-electron chi connectivity index (χ4n) is 2.42. The van der Waals surface area contributed by atoms with Gasteiger partial charge in [0.05, 0.1) is 6.42 Å². The number of hydrogen-bond acceptors (Lipinski definition) is 3. The van der Waals surface area contributed by atoms with Crippen molar-refractivity contribution >= 4 is 12.0 Å². The molecule has 6 heteroatoms. The van der Waals surface area contributed by atoms with Crippen LogP contribution >= 0.6 is 0 Å². The van der Waals surface area contributed by atoms with Crippen LogP contribution in [0.25, 0.3) is 0 Å². The minimum Gasteiger partial charge on any atom is -0.481 e. The zero-order valence-electron chi connectivity index (χ0n) is 12.6. The molecule has 1 rings (SSSR count). The summed E-state index contributed by atoms with van der Waals surface area (Å²) in [5.41, 5.74) is 0. The van der Waals surface area contributed by atoms with E-state index in [4.69, 9.17) is 5.11 Å². The first kappa shape index (κ1) is 16.8. The average Bonchev–Trinajstić information content (AvgIpc) is 2.39. The number of aliphatic carboxylic acids is 1. The zero-order valence-corrected chi connectivity index (χ0v) is 12.6. The molecule has 0 aliphatic carbocycles. The third kappa shape index (κ3) is 6.23. The molecule has 20 heavy (non-hydrogen) atoms. The van der Waals surface area contributed by atoms with E-state index in [0.29, 0.717) is 6.54 Å². The Kier molecular flexibility index (Phi) is 7.36. The predicted molar refractivity (Wildman–Crippen MR) is 77.8 cm³/mol. The number of nitrogens with zero attached hydrogens (tertiary/aromatic N) is 2. The first-order valence-electron chi connectivity index (χ1n) is 7.49. The number of carbonyl (C=O) groups excluding carboxylic acids is 1. The van der Waals surface area contributed by atoms with Gasteiger partial charge in [-0.3, -0.25) is 4.79 Å². The molecule has 0 saturated carbocycles. The van der Waals surface area contributed by atoms with Crippen molar-refractivity contribution < 1.29 is 14.7 Å². The molecule has 1 aliphatic rings. The highest BCUT2D eigenvalue weighted by Crippen LogP contribution is 2.07. The molecule has 1 heterocycles. The number of amides is 2. The summed E-state index contributed by atoms with van der Waals surface area (Å²) in [6.07, 6.45) is 3.77. The van der Waals surface area contributed by atoms with Gasteiger partial charge in [0.1, 0.15) is 0 Å². The number of carboxylic acid groups (broad SMARTS) is 1. The molecule has 1 fully saturated rings. The van der Waals surface area contributed by atoms with Crippen molar-refractivity contribution in [1.29, 1.82) is 0 Å². The van der Waals surface area contributed by atoms with Crippen molar-refractivity contribution in [2.45, 2.75) is 45.6 Å². The third-order valence-electron chi connectivity index (χ3n) is 3.60. The summed E-state index contributed by atoms with van der Waals surface area (Å²) in [7, 11) is 0. The third-order valence-corrected chi connectivity index (χ3v) is 3.60. The van der Waals surface area contributed by atoms with E-state index in [1.165, 1.54) is 19.3 Å². The van der Waals surface area contributed by atoms with Gasteiger partial charge in [0.25, 0.3) is 0 Å². The summed E-state index contributed by atoms with van der Waals surface area (Å²) in [6.45, 7) is 7.76. The molecule has 2 N–H and O–H groups in total. The first-order valence-corrected chi connectivity index (χ1v) is 7.49. The molecule has 0 spiro atoms. The molecule has 116 valence electrons. The van der Waals surface area contributed by atoms with E-state index < -0.39 is 5.97 Å². The van der Waals surface area contributed by atoms with Crippen molar-refractivity contribution in [3.63, 3.8) is 0 Å². The highest BCUT2D eigenvalue weighted by Gasteiger charge is 2.18. The van der Waals surface area contributed by atoms with Crippen LogP contribution in [-0.2, 0) is 4.79 Å². The summed E-state index contributed by atoms with van der Waals surface area (Å²) in [4.78, 5) is 26.6. The summed E-state index contributed by atoms with van der Waals surface area (Å²) in [5.74, 6) is -0.878. The van der Waals surface area contributed by atoms with Crippen LogP contribution in [-0.4, -0.2) is 65.7 Å². The molecular formula is C14H27N3O3. The van der Waals surface area contributed by atoms with Gasteiger partial charge in [-0.15, -0.1) is 0 Å². The van der Waals surface area contributed by atoms with E-state index in [9.17, 15) is 9.59 Å². The van der Waals surface area contributed by atoms with Crippen LogP contribution in [0.4, 0.5) is 4.79 Å². The minimum atomic E-state index is -0.878. The number of carbonyl (C=O) groups is 2. The average molecular weight is 285 g/mol. The van der Waals surface area contributed by atoms with Gasteiger partial charge in [-0.25, -0.2) is 4.79 Å². The van der Waals surface area contributed by atoms with E-state index in [1.807, 2.05) is 13.8 Å². The maximum atomic E-state index is 12.0. The molecule has 0 aromatic carbocycles. The second kappa shape index (κ2) is 8.79. The first-order chi connectivity index (χ1) is 9.50. The number of rotatable bonds is 7. The fraction of sp³-hybridized carbons (Fsp3) is 0.857. The number of hydrogen-bond donors (Lipinski definition) is 2.